The second-order valence-corrected chi connectivity index (χ2v) is 8.68. The Morgan fingerprint density at radius 1 is 1.14 bits per heavy atom. The summed E-state index contributed by atoms with van der Waals surface area (Å²) in [4.78, 5) is 32.0. The first-order valence-electron chi connectivity index (χ1n) is 9.50. The van der Waals surface area contributed by atoms with Crippen molar-refractivity contribution in [2.24, 2.45) is 0 Å². The Kier molecular flexibility index (Phi) is 4.41. The van der Waals surface area contributed by atoms with Crippen LogP contribution in [0, 0.1) is 0 Å². The van der Waals surface area contributed by atoms with Crippen LogP contribution in [0.15, 0.2) is 53.9 Å². The molecular formula is C22H18ClN3O2S. The summed E-state index contributed by atoms with van der Waals surface area (Å²) < 4.78 is 0. The topological polar surface area (TPSA) is 62.3 Å². The molecule has 1 aromatic heterocycles. The van der Waals surface area contributed by atoms with Crippen molar-refractivity contribution in [3.63, 3.8) is 0 Å². The molecule has 2 heterocycles. The Morgan fingerprint density at radius 2 is 1.93 bits per heavy atom. The summed E-state index contributed by atoms with van der Waals surface area (Å²) >= 11 is 7.44. The number of rotatable bonds is 3. The van der Waals surface area contributed by atoms with Gasteiger partial charge in [-0.25, -0.2) is 9.78 Å². The SMILES string of the molecule is O=C1N[C@]2(CCCc3ccccc32)C(=O)N1Cc1csc(-c2ccc(Cl)cc2)n1. The lowest BCUT2D eigenvalue weighted by molar-refractivity contribution is -0.132. The van der Waals surface area contributed by atoms with Crippen molar-refractivity contribution in [3.05, 3.63) is 75.8 Å². The van der Waals surface area contributed by atoms with Gasteiger partial charge in [0.15, 0.2) is 0 Å². The first kappa shape index (κ1) is 18.3. The molecule has 5 rings (SSSR count). The number of carbonyl (C=O) groups excluding carboxylic acids is 2. The molecule has 7 heteroatoms. The van der Waals surface area contributed by atoms with Gasteiger partial charge >= 0.3 is 6.03 Å². The molecule has 3 aromatic rings. The van der Waals surface area contributed by atoms with Gasteiger partial charge in [-0.3, -0.25) is 9.69 Å². The number of nitrogens with one attached hydrogen (secondary N) is 1. The van der Waals surface area contributed by atoms with Crippen molar-refractivity contribution in [1.29, 1.82) is 0 Å². The fraction of sp³-hybridized carbons (Fsp3) is 0.227. The third kappa shape index (κ3) is 3.03. The van der Waals surface area contributed by atoms with Gasteiger partial charge in [0.05, 0.1) is 12.2 Å². The first-order valence-corrected chi connectivity index (χ1v) is 10.8. The lowest BCUT2D eigenvalue weighted by atomic mass is 9.76. The number of halogens is 1. The van der Waals surface area contributed by atoms with E-state index in [1.165, 1.54) is 16.2 Å². The van der Waals surface area contributed by atoms with Crippen LogP contribution in [0.4, 0.5) is 4.79 Å². The van der Waals surface area contributed by atoms with Gasteiger partial charge in [0.1, 0.15) is 10.5 Å². The van der Waals surface area contributed by atoms with E-state index in [1.54, 1.807) is 0 Å². The van der Waals surface area contributed by atoms with Crippen molar-refractivity contribution < 1.29 is 9.59 Å². The van der Waals surface area contributed by atoms with Crippen LogP contribution in [0.25, 0.3) is 10.6 Å². The highest BCUT2D eigenvalue weighted by atomic mass is 35.5. The molecule has 1 aliphatic carbocycles. The number of carbonyl (C=O) groups is 2. The Morgan fingerprint density at radius 3 is 2.76 bits per heavy atom. The standard InChI is InChI=1S/C22H18ClN3O2S/c23-16-9-7-15(8-10-16)19-24-17(13-29-19)12-26-20(27)22(25-21(26)28)11-3-5-14-4-1-2-6-18(14)22/h1-2,4,6-10,13H,3,5,11-12H2,(H,25,28)/t22-/m0/s1. The second kappa shape index (κ2) is 6.97. The van der Waals surface area contributed by atoms with Crippen LogP contribution < -0.4 is 5.32 Å². The van der Waals surface area contributed by atoms with Crippen molar-refractivity contribution in [1.82, 2.24) is 15.2 Å². The molecule has 1 spiro atoms. The maximum Gasteiger partial charge on any atom is 0.325 e. The number of hydrogen-bond acceptors (Lipinski definition) is 4. The first-order chi connectivity index (χ1) is 14.1. The molecule has 5 nitrogen and oxygen atoms in total. The second-order valence-electron chi connectivity index (χ2n) is 7.39. The fourth-order valence-corrected chi connectivity index (χ4v) is 5.16. The van der Waals surface area contributed by atoms with Crippen LogP contribution in [-0.4, -0.2) is 21.8 Å². The largest absolute Gasteiger partial charge is 0.325 e. The Hall–Kier alpha value is -2.70. The zero-order chi connectivity index (χ0) is 20.0. The zero-order valence-corrected chi connectivity index (χ0v) is 17.1. The van der Waals surface area contributed by atoms with Crippen LogP contribution in [0.5, 0.6) is 0 Å². The molecule has 1 aliphatic heterocycles. The van der Waals surface area contributed by atoms with E-state index in [9.17, 15) is 9.59 Å². The highest BCUT2D eigenvalue weighted by molar-refractivity contribution is 7.13. The number of urea groups is 1. The van der Waals surface area contributed by atoms with Gasteiger partial charge in [0.25, 0.3) is 5.91 Å². The summed E-state index contributed by atoms with van der Waals surface area (Å²) in [5.41, 5.74) is 2.77. The highest BCUT2D eigenvalue weighted by Gasteiger charge is 2.53. The number of imide groups is 1. The average molecular weight is 424 g/mol. The lowest BCUT2D eigenvalue weighted by Gasteiger charge is -2.33. The molecule has 146 valence electrons. The molecule has 0 saturated carbocycles. The van der Waals surface area contributed by atoms with E-state index in [0.717, 1.165) is 34.5 Å². The van der Waals surface area contributed by atoms with E-state index < -0.39 is 5.54 Å². The Balaban J connectivity index is 1.42. The number of benzene rings is 2. The molecule has 29 heavy (non-hydrogen) atoms. The number of aryl methyl sites for hydroxylation is 1. The molecular weight excluding hydrogens is 406 g/mol. The molecule has 1 saturated heterocycles. The summed E-state index contributed by atoms with van der Waals surface area (Å²) in [6, 6.07) is 15.0. The van der Waals surface area contributed by atoms with Gasteiger partial charge in [0, 0.05) is 16.0 Å². The van der Waals surface area contributed by atoms with Crippen molar-refractivity contribution in [2.45, 2.75) is 31.3 Å². The minimum absolute atomic E-state index is 0.165. The number of amides is 3. The van der Waals surface area contributed by atoms with Gasteiger partial charge in [-0.1, -0.05) is 48.0 Å². The number of thiazole rings is 1. The highest BCUT2D eigenvalue weighted by Crippen LogP contribution is 2.40. The minimum Gasteiger partial charge on any atom is -0.319 e. The molecule has 2 aromatic carbocycles. The van der Waals surface area contributed by atoms with Crippen LogP contribution in [0.1, 0.15) is 29.7 Å². The summed E-state index contributed by atoms with van der Waals surface area (Å²) in [5, 5.41) is 6.39. The average Bonchev–Trinajstić information content (AvgIpc) is 3.29. The predicted octanol–water partition coefficient (Wildman–Crippen LogP) is 4.75. The molecule has 1 atom stereocenters. The Labute approximate surface area is 177 Å². The molecule has 0 bridgehead atoms. The van der Waals surface area contributed by atoms with E-state index in [4.69, 9.17) is 11.6 Å². The lowest BCUT2D eigenvalue weighted by Crippen LogP contribution is -2.46. The number of aromatic nitrogens is 1. The van der Waals surface area contributed by atoms with Crippen LogP contribution in [0.2, 0.25) is 5.02 Å². The summed E-state index contributed by atoms with van der Waals surface area (Å²) in [5.74, 6) is -0.185. The smallest absolute Gasteiger partial charge is 0.319 e. The number of fused-ring (bicyclic) bond motifs is 2. The molecule has 3 amide bonds. The number of hydrogen-bond donors (Lipinski definition) is 1. The third-order valence-electron chi connectivity index (χ3n) is 5.61. The summed E-state index contributed by atoms with van der Waals surface area (Å²) in [6.07, 6.45) is 2.42. The molecule has 0 unspecified atom stereocenters. The Bertz CT molecular complexity index is 1110. The maximum atomic E-state index is 13.4. The van der Waals surface area contributed by atoms with Gasteiger partial charge < -0.3 is 5.32 Å². The number of nitrogens with zero attached hydrogens (tertiary/aromatic N) is 2. The normalized spacial score (nSPS) is 20.8. The molecule has 1 N–H and O–H groups in total. The minimum atomic E-state index is -0.943. The summed E-state index contributed by atoms with van der Waals surface area (Å²) in [7, 11) is 0. The maximum absolute atomic E-state index is 13.4. The fourth-order valence-electron chi connectivity index (χ4n) is 4.22. The van der Waals surface area contributed by atoms with E-state index in [-0.39, 0.29) is 18.5 Å². The van der Waals surface area contributed by atoms with Crippen molar-refractivity contribution >= 4 is 34.9 Å². The van der Waals surface area contributed by atoms with E-state index in [1.807, 2.05) is 53.9 Å². The van der Waals surface area contributed by atoms with Gasteiger partial charge in [-0.2, -0.15) is 0 Å². The van der Waals surface area contributed by atoms with Gasteiger partial charge in [-0.15, -0.1) is 11.3 Å². The van der Waals surface area contributed by atoms with Crippen molar-refractivity contribution in [3.8, 4) is 10.6 Å². The monoisotopic (exact) mass is 423 g/mol. The van der Waals surface area contributed by atoms with Crippen LogP contribution in [-0.2, 0) is 23.3 Å². The van der Waals surface area contributed by atoms with E-state index in [2.05, 4.69) is 10.3 Å². The quantitative estimate of drug-likeness (QED) is 0.618. The van der Waals surface area contributed by atoms with Gasteiger partial charge in [-0.05, 0) is 42.5 Å². The van der Waals surface area contributed by atoms with Gasteiger partial charge in [0.2, 0.25) is 0 Å². The molecule has 1 fully saturated rings. The van der Waals surface area contributed by atoms with Crippen molar-refractivity contribution in [2.75, 3.05) is 0 Å². The molecule has 0 radical (unpaired) electrons. The predicted molar refractivity (Wildman–Crippen MR) is 113 cm³/mol. The summed E-state index contributed by atoms with van der Waals surface area (Å²) in [6.45, 7) is 0.165. The van der Waals surface area contributed by atoms with E-state index >= 15 is 0 Å². The zero-order valence-electron chi connectivity index (χ0n) is 15.5. The molecule has 2 aliphatic rings. The van der Waals surface area contributed by atoms with Crippen LogP contribution in [0.3, 0.4) is 0 Å². The third-order valence-corrected chi connectivity index (χ3v) is 6.81. The van der Waals surface area contributed by atoms with Crippen LogP contribution >= 0.6 is 22.9 Å². The van der Waals surface area contributed by atoms with E-state index in [0.29, 0.717) is 17.1 Å².